The maximum atomic E-state index is 14.5. The van der Waals surface area contributed by atoms with Crippen LogP contribution in [0.5, 0.6) is 0 Å². The summed E-state index contributed by atoms with van der Waals surface area (Å²) in [5.41, 5.74) is -3.19. The zero-order chi connectivity index (χ0) is 17.8. The molecule has 2 aromatic rings. The van der Waals surface area contributed by atoms with Crippen LogP contribution in [0, 0.1) is 17.5 Å². The molecular weight excluding hydrogens is 356 g/mol. The summed E-state index contributed by atoms with van der Waals surface area (Å²) in [5, 5.41) is 0. The molecule has 1 amide bonds. The lowest BCUT2D eigenvalue weighted by atomic mass is 10.1. The Kier molecular flexibility index (Phi) is 3.78. The second-order valence-electron chi connectivity index (χ2n) is 4.92. The molecule has 0 aromatic heterocycles. The molecule has 1 aliphatic rings. The smallest absolute Gasteiger partial charge is 0.276 e. The molecule has 0 atom stereocenters. The highest BCUT2D eigenvalue weighted by atomic mass is 32.2. The van der Waals surface area contributed by atoms with Gasteiger partial charge >= 0.3 is 6.18 Å². The van der Waals surface area contributed by atoms with E-state index in [9.17, 15) is 31.1 Å². The van der Waals surface area contributed by atoms with Crippen LogP contribution in [0.2, 0.25) is 0 Å². The van der Waals surface area contributed by atoms with Gasteiger partial charge in [0, 0.05) is 11.8 Å². The van der Waals surface area contributed by atoms with Gasteiger partial charge in [0.15, 0.2) is 17.5 Å². The topological polar surface area (TPSA) is 20.3 Å². The average molecular weight is 363 g/mol. The van der Waals surface area contributed by atoms with Crippen molar-refractivity contribution in [2.45, 2.75) is 22.9 Å². The SMILES string of the molecule is CC(=O)N1c2ccccc2Sc2c(F)c(F)c(C(F)(F)F)c(F)c21. The largest absolute Gasteiger partial charge is 0.422 e. The average Bonchev–Trinajstić information content (AvgIpc) is 2.49. The van der Waals surface area contributed by atoms with E-state index < -0.39 is 45.7 Å². The lowest BCUT2D eigenvalue weighted by Gasteiger charge is -2.31. The predicted molar refractivity (Wildman–Crippen MR) is 74.7 cm³/mol. The van der Waals surface area contributed by atoms with E-state index in [1.807, 2.05) is 0 Å². The lowest BCUT2D eigenvalue weighted by molar-refractivity contribution is -0.142. The summed E-state index contributed by atoms with van der Waals surface area (Å²) in [7, 11) is 0. The number of hydrogen-bond acceptors (Lipinski definition) is 2. The van der Waals surface area contributed by atoms with Gasteiger partial charge in [0.05, 0.1) is 10.6 Å². The van der Waals surface area contributed by atoms with Crippen LogP contribution in [-0.2, 0) is 11.0 Å². The van der Waals surface area contributed by atoms with Gasteiger partial charge in [0.25, 0.3) is 0 Å². The Morgan fingerprint density at radius 3 is 2.25 bits per heavy atom. The molecule has 0 fully saturated rings. The minimum absolute atomic E-state index is 0.0977. The number of fused-ring (bicyclic) bond motifs is 2. The second kappa shape index (κ2) is 5.44. The van der Waals surface area contributed by atoms with E-state index in [1.54, 1.807) is 6.07 Å². The summed E-state index contributed by atoms with van der Waals surface area (Å²) in [6.07, 6.45) is -5.45. The molecule has 2 nitrogen and oxygen atoms in total. The molecule has 1 heterocycles. The summed E-state index contributed by atoms with van der Waals surface area (Å²) in [6.45, 7) is 0.991. The highest BCUT2D eigenvalue weighted by Crippen LogP contribution is 2.53. The minimum atomic E-state index is -5.45. The van der Waals surface area contributed by atoms with Gasteiger partial charge in [-0.2, -0.15) is 13.2 Å². The van der Waals surface area contributed by atoms with Gasteiger partial charge < -0.3 is 0 Å². The zero-order valence-electron chi connectivity index (χ0n) is 11.8. The summed E-state index contributed by atoms with van der Waals surface area (Å²) in [4.78, 5) is 12.1. The zero-order valence-corrected chi connectivity index (χ0v) is 12.7. The number of nitrogens with zero attached hydrogens (tertiary/aromatic N) is 1. The van der Waals surface area contributed by atoms with Crippen LogP contribution in [0.3, 0.4) is 0 Å². The Morgan fingerprint density at radius 2 is 1.67 bits per heavy atom. The van der Waals surface area contributed by atoms with Crippen molar-refractivity contribution >= 4 is 29.0 Å². The van der Waals surface area contributed by atoms with E-state index in [0.717, 1.165) is 6.92 Å². The second-order valence-corrected chi connectivity index (χ2v) is 5.97. The number of halogens is 6. The van der Waals surface area contributed by atoms with Crippen molar-refractivity contribution in [2.24, 2.45) is 0 Å². The number of benzene rings is 2. The number of rotatable bonds is 0. The van der Waals surface area contributed by atoms with Crippen LogP contribution in [0.25, 0.3) is 0 Å². The summed E-state index contributed by atoms with van der Waals surface area (Å²) in [6, 6.07) is 5.87. The van der Waals surface area contributed by atoms with E-state index in [-0.39, 0.29) is 10.6 Å². The number of amides is 1. The third-order valence-corrected chi connectivity index (χ3v) is 4.54. The molecular formula is C15H7F6NOS. The van der Waals surface area contributed by atoms with Gasteiger partial charge in [-0.05, 0) is 12.1 Å². The molecule has 0 N–H and O–H groups in total. The fourth-order valence-corrected chi connectivity index (χ4v) is 3.54. The van der Waals surface area contributed by atoms with Gasteiger partial charge in [0.2, 0.25) is 5.91 Å². The number of alkyl halides is 3. The Morgan fingerprint density at radius 1 is 1.04 bits per heavy atom. The Labute approximate surface area is 136 Å². The maximum Gasteiger partial charge on any atom is 0.422 e. The van der Waals surface area contributed by atoms with E-state index in [1.165, 1.54) is 18.2 Å². The maximum absolute atomic E-state index is 14.5. The molecule has 24 heavy (non-hydrogen) atoms. The Bertz CT molecular complexity index is 864. The molecule has 9 heteroatoms. The molecule has 2 aromatic carbocycles. The number of anilines is 2. The third kappa shape index (κ3) is 2.34. The predicted octanol–water partition coefficient (Wildman–Crippen LogP) is 5.27. The normalized spacial score (nSPS) is 13.5. The number of carbonyl (C=O) groups is 1. The van der Waals surface area contributed by atoms with Crippen LogP contribution in [-0.4, -0.2) is 5.91 Å². The molecule has 0 spiro atoms. The monoisotopic (exact) mass is 363 g/mol. The molecule has 0 aliphatic carbocycles. The molecule has 0 radical (unpaired) electrons. The van der Waals surface area contributed by atoms with Crippen molar-refractivity contribution < 1.29 is 31.1 Å². The molecule has 0 unspecified atom stereocenters. The van der Waals surface area contributed by atoms with Crippen LogP contribution in [0.4, 0.5) is 37.7 Å². The quantitative estimate of drug-likeness (QED) is 0.469. The summed E-state index contributed by atoms with van der Waals surface area (Å²) in [5.74, 6) is -7.02. The first-order valence-electron chi connectivity index (χ1n) is 6.49. The molecule has 1 aliphatic heterocycles. The summed E-state index contributed by atoms with van der Waals surface area (Å²) >= 11 is 0.562. The summed E-state index contributed by atoms with van der Waals surface area (Å²) < 4.78 is 81.2. The van der Waals surface area contributed by atoms with Gasteiger partial charge in [-0.25, -0.2) is 13.2 Å². The van der Waals surface area contributed by atoms with Crippen LogP contribution in [0.1, 0.15) is 12.5 Å². The Balaban J connectivity index is 2.41. The van der Waals surface area contributed by atoms with Crippen LogP contribution < -0.4 is 4.90 Å². The molecule has 0 bridgehead atoms. The fraction of sp³-hybridized carbons (Fsp3) is 0.133. The molecule has 126 valence electrons. The van der Waals surface area contributed by atoms with E-state index in [2.05, 4.69) is 0 Å². The van der Waals surface area contributed by atoms with Gasteiger partial charge in [-0.1, -0.05) is 23.9 Å². The minimum Gasteiger partial charge on any atom is -0.276 e. The van der Waals surface area contributed by atoms with E-state index in [0.29, 0.717) is 16.7 Å². The number of hydrogen-bond donors (Lipinski definition) is 0. The van der Waals surface area contributed by atoms with Crippen molar-refractivity contribution in [3.8, 4) is 0 Å². The van der Waals surface area contributed by atoms with Crippen molar-refractivity contribution in [1.29, 1.82) is 0 Å². The standard InChI is InChI=1S/C15H7F6NOS/c1-6(23)22-7-4-2-3-5-8(7)24-14-12(18)10(16)9(15(19,20)21)11(17)13(14)22/h2-5H,1H3. The van der Waals surface area contributed by atoms with Gasteiger partial charge in [0.1, 0.15) is 11.3 Å². The van der Waals surface area contributed by atoms with E-state index in [4.69, 9.17) is 0 Å². The van der Waals surface area contributed by atoms with Crippen molar-refractivity contribution in [3.05, 3.63) is 47.3 Å². The van der Waals surface area contributed by atoms with Crippen LogP contribution >= 0.6 is 11.8 Å². The third-order valence-electron chi connectivity index (χ3n) is 3.39. The first-order valence-corrected chi connectivity index (χ1v) is 7.31. The van der Waals surface area contributed by atoms with Crippen molar-refractivity contribution in [1.82, 2.24) is 0 Å². The highest BCUT2D eigenvalue weighted by Gasteiger charge is 2.44. The lowest BCUT2D eigenvalue weighted by Crippen LogP contribution is -2.29. The first kappa shape index (κ1) is 16.7. The number of para-hydroxylation sites is 1. The fourth-order valence-electron chi connectivity index (χ4n) is 2.46. The van der Waals surface area contributed by atoms with Gasteiger partial charge in [-0.3, -0.25) is 9.69 Å². The van der Waals surface area contributed by atoms with E-state index >= 15 is 0 Å². The van der Waals surface area contributed by atoms with Crippen molar-refractivity contribution in [2.75, 3.05) is 4.90 Å². The van der Waals surface area contributed by atoms with Gasteiger partial charge in [-0.15, -0.1) is 0 Å². The van der Waals surface area contributed by atoms with Crippen molar-refractivity contribution in [3.63, 3.8) is 0 Å². The first-order chi connectivity index (χ1) is 11.1. The molecule has 0 saturated heterocycles. The molecule has 0 saturated carbocycles. The molecule has 3 rings (SSSR count). The highest BCUT2D eigenvalue weighted by molar-refractivity contribution is 7.99. The van der Waals surface area contributed by atoms with Crippen LogP contribution in [0.15, 0.2) is 34.1 Å². The number of carbonyl (C=O) groups excluding carboxylic acids is 1. The Hall–Kier alpha value is -2.16.